The van der Waals surface area contributed by atoms with Crippen LogP contribution in [0.25, 0.3) is 0 Å². The zero-order valence-corrected chi connectivity index (χ0v) is 10.9. The largest absolute Gasteiger partial charge is 0.480 e. The second kappa shape index (κ2) is 5.59. The Balaban J connectivity index is 1.89. The minimum Gasteiger partial charge on any atom is -0.480 e. The van der Waals surface area contributed by atoms with Crippen LogP contribution in [0.1, 0.15) is 32.1 Å². The Morgan fingerprint density at radius 2 is 1.84 bits per heavy atom. The van der Waals surface area contributed by atoms with Gasteiger partial charge in [0, 0.05) is 5.92 Å². The van der Waals surface area contributed by atoms with Crippen molar-refractivity contribution in [3.8, 4) is 0 Å². The fourth-order valence-corrected chi connectivity index (χ4v) is 3.10. The monoisotopic (exact) mass is 269 g/mol. The molecule has 6 nitrogen and oxygen atoms in total. The van der Waals surface area contributed by atoms with Gasteiger partial charge in [0.2, 0.25) is 5.91 Å². The first kappa shape index (κ1) is 13.8. The van der Waals surface area contributed by atoms with E-state index in [0.717, 1.165) is 25.7 Å². The van der Waals surface area contributed by atoms with E-state index in [1.54, 1.807) is 0 Å². The molecule has 0 bridgehead atoms. The molecule has 2 saturated carbocycles. The maximum Gasteiger partial charge on any atom is 0.326 e. The number of amides is 1. The van der Waals surface area contributed by atoms with Crippen molar-refractivity contribution in [1.29, 1.82) is 0 Å². The van der Waals surface area contributed by atoms with Gasteiger partial charge in [-0.05, 0) is 24.7 Å². The Morgan fingerprint density at radius 1 is 1.26 bits per heavy atom. The molecule has 2 N–H and O–H groups in total. The zero-order valence-electron chi connectivity index (χ0n) is 10.9. The maximum absolute atomic E-state index is 12.0. The first-order valence-corrected chi connectivity index (χ1v) is 6.64. The van der Waals surface area contributed by atoms with Crippen LogP contribution in [0.3, 0.4) is 0 Å². The summed E-state index contributed by atoms with van der Waals surface area (Å²) in [5.41, 5.74) is 0. The van der Waals surface area contributed by atoms with E-state index in [4.69, 9.17) is 5.11 Å². The topological polar surface area (TPSA) is 92.7 Å². The number of fused-ring (bicyclic) bond motifs is 1. The van der Waals surface area contributed by atoms with Crippen molar-refractivity contribution in [2.45, 2.75) is 38.1 Å². The Labute approximate surface area is 111 Å². The van der Waals surface area contributed by atoms with Gasteiger partial charge in [0.25, 0.3) is 0 Å². The van der Waals surface area contributed by atoms with Crippen LogP contribution >= 0.6 is 0 Å². The summed E-state index contributed by atoms with van der Waals surface area (Å²) in [5, 5.41) is 11.5. The molecule has 2 aliphatic rings. The number of aliphatic carboxylic acids is 1. The molecule has 0 spiro atoms. The van der Waals surface area contributed by atoms with E-state index in [2.05, 4.69) is 10.1 Å². The summed E-state index contributed by atoms with van der Waals surface area (Å²) >= 11 is 0. The number of esters is 1. The first-order valence-electron chi connectivity index (χ1n) is 6.64. The lowest BCUT2D eigenvalue weighted by molar-refractivity contribution is -0.148. The number of ether oxygens (including phenoxy) is 1. The Hall–Kier alpha value is -1.59. The van der Waals surface area contributed by atoms with Gasteiger partial charge in [0.15, 0.2) is 0 Å². The molecule has 2 unspecified atom stereocenters. The van der Waals surface area contributed by atoms with Crippen molar-refractivity contribution in [3.63, 3.8) is 0 Å². The van der Waals surface area contributed by atoms with Gasteiger partial charge in [0.1, 0.15) is 6.04 Å². The van der Waals surface area contributed by atoms with Crippen molar-refractivity contribution >= 4 is 17.8 Å². The maximum atomic E-state index is 12.0. The molecule has 3 atom stereocenters. The molecular weight excluding hydrogens is 250 g/mol. The third kappa shape index (κ3) is 3.05. The number of carbonyl (C=O) groups is 3. The number of hydrogen-bond donors (Lipinski definition) is 2. The highest BCUT2D eigenvalue weighted by Gasteiger charge is 2.55. The smallest absolute Gasteiger partial charge is 0.326 e. The van der Waals surface area contributed by atoms with Crippen molar-refractivity contribution in [2.24, 2.45) is 17.8 Å². The molecule has 19 heavy (non-hydrogen) atoms. The van der Waals surface area contributed by atoms with E-state index in [1.807, 2.05) is 0 Å². The van der Waals surface area contributed by atoms with Gasteiger partial charge in [-0.3, -0.25) is 9.59 Å². The molecular formula is C13H19NO5. The summed E-state index contributed by atoms with van der Waals surface area (Å²) < 4.78 is 4.43. The summed E-state index contributed by atoms with van der Waals surface area (Å²) in [7, 11) is 1.19. The number of hydrogen-bond acceptors (Lipinski definition) is 4. The number of carbonyl (C=O) groups excluding carboxylic acids is 2. The van der Waals surface area contributed by atoms with Crippen molar-refractivity contribution < 1.29 is 24.2 Å². The number of carboxylic acids is 1. The molecule has 0 saturated heterocycles. The number of methoxy groups -OCH3 is 1. The average Bonchev–Trinajstić information content (AvgIpc) is 3.11. The Bertz CT molecular complexity index is 382. The average molecular weight is 269 g/mol. The molecule has 2 rings (SSSR count). The molecule has 1 amide bonds. The molecule has 2 aliphatic carbocycles. The van der Waals surface area contributed by atoms with Crippen LogP contribution in [0.5, 0.6) is 0 Å². The van der Waals surface area contributed by atoms with Gasteiger partial charge in [-0.1, -0.05) is 12.8 Å². The second-order valence-corrected chi connectivity index (χ2v) is 5.32. The van der Waals surface area contributed by atoms with E-state index in [9.17, 15) is 14.4 Å². The summed E-state index contributed by atoms with van der Waals surface area (Å²) in [4.78, 5) is 34.2. The van der Waals surface area contributed by atoms with E-state index in [1.165, 1.54) is 7.11 Å². The lowest BCUT2D eigenvalue weighted by Gasteiger charge is -2.13. The Morgan fingerprint density at radius 3 is 2.32 bits per heavy atom. The van der Waals surface area contributed by atoms with Gasteiger partial charge in [-0.15, -0.1) is 0 Å². The van der Waals surface area contributed by atoms with Crippen molar-refractivity contribution in [2.75, 3.05) is 7.11 Å². The Kier molecular flexibility index (Phi) is 4.07. The zero-order chi connectivity index (χ0) is 14.0. The highest BCUT2D eigenvalue weighted by molar-refractivity contribution is 5.89. The standard InChI is InChI=1S/C13H19NO5/c1-19-10(15)6-9(13(17)18)14-12(16)11-7-4-2-3-5-8(7)11/h7-9,11H,2-6H2,1H3,(H,14,16)(H,17,18)/t7?,8?,9-,11?/m0/s1. The second-order valence-electron chi connectivity index (χ2n) is 5.32. The molecule has 0 heterocycles. The number of carboxylic acid groups (broad SMARTS) is 1. The highest BCUT2D eigenvalue weighted by Crippen LogP contribution is 2.55. The van der Waals surface area contributed by atoms with E-state index >= 15 is 0 Å². The van der Waals surface area contributed by atoms with Crippen LogP contribution < -0.4 is 5.32 Å². The van der Waals surface area contributed by atoms with Gasteiger partial charge in [0.05, 0.1) is 13.5 Å². The predicted molar refractivity (Wildman–Crippen MR) is 65.1 cm³/mol. The van der Waals surface area contributed by atoms with Crippen LogP contribution in [0.15, 0.2) is 0 Å². The quantitative estimate of drug-likeness (QED) is 0.711. The molecule has 2 fully saturated rings. The van der Waals surface area contributed by atoms with E-state index in [0.29, 0.717) is 11.8 Å². The first-order chi connectivity index (χ1) is 9.04. The van der Waals surface area contributed by atoms with Crippen molar-refractivity contribution in [3.05, 3.63) is 0 Å². The van der Waals surface area contributed by atoms with Crippen LogP contribution in [-0.4, -0.2) is 36.1 Å². The molecule has 0 aromatic carbocycles. The molecule has 0 aromatic heterocycles. The van der Waals surface area contributed by atoms with Gasteiger partial charge in [-0.25, -0.2) is 4.79 Å². The van der Waals surface area contributed by atoms with Crippen LogP contribution in [0, 0.1) is 17.8 Å². The predicted octanol–water partition coefficient (Wildman–Crippen LogP) is 0.555. The lowest BCUT2D eigenvalue weighted by Crippen LogP contribution is -2.43. The summed E-state index contributed by atoms with van der Waals surface area (Å²) in [6.07, 6.45) is 4.07. The number of nitrogens with one attached hydrogen (secondary N) is 1. The third-order valence-corrected chi connectivity index (χ3v) is 4.17. The lowest BCUT2D eigenvalue weighted by atomic mass is 10.0. The van der Waals surface area contributed by atoms with Crippen LogP contribution in [0.2, 0.25) is 0 Å². The molecule has 0 aliphatic heterocycles. The minimum atomic E-state index is -1.21. The summed E-state index contributed by atoms with van der Waals surface area (Å²) in [5.74, 6) is -1.29. The van der Waals surface area contributed by atoms with Gasteiger partial charge >= 0.3 is 11.9 Å². The van der Waals surface area contributed by atoms with Crippen molar-refractivity contribution in [1.82, 2.24) is 5.32 Å². The fraction of sp³-hybridized carbons (Fsp3) is 0.769. The molecule has 0 radical (unpaired) electrons. The van der Waals surface area contributed by atoms with E-state index in [-0.39, 0.29) is 18.2 Å². The molecule has 6 heteroatoms. The van der Waals surface area contributed by atoms with Gasteiger partial charge in [-0.2, -0.15) is 0 Å². The molecule has 106 valence electrons. The third-order valence-electron chi connectivity index (χ3n) is 4.17. The fourth-order valence-electron chi connectivity index (χ4n) is 3.10. The SMILES string of the molecule is COC(=O)C[C@H](NC(=O)C1C2CCCCC21)C(=O)O. The van der Waals surface area contributed by atoms with Crippen LogP contribution in [0.4, 0.5) is 0 Å². The van der Waals surface area contributed by atoms with Crippen LogP contribution in [-0.2, 0) is 19.1 Å². The van der Waals surface area contributed by atoms with Gasteiger partial charge < -0.3 is 15.2 Å². The highest BCUT2D eigenvalue weighted by atomic mass is 16.5. The normalized spacial score (nSPS) is 29.8. The minimum absolute atomic E-state index is 0.0537. The number of rotatable bonds is 5. The van der Waals surface area contributed by atoms with E-state index < -0.39 is 18.0 Å². The summed E-state index contributed by atoms with van der Waals surface area (Å²) in [6, 6.07) is -1.19. The summed E-state index contributed by atoms with van der Waals surface area (Å²) in [6.45, 7) is 0. The molecule has 0 aromatic rings.